The summed E-state index contributed by atoms with van der Waals surface area (Å²) in [6.45, 7) is 0. The second kappa shape index (κ2) is 6.89. The van der Waals surface area contributed by atoms with E-state index < -0.39 is 0 Å². The highest BCUT2D eigenvalue weighted by Crippen LogP contribution is 2.24. The van der Waals surface area contributed by atoms with Crippen LogP contribution in [0.3, 0.4) is 0 Å². The maximum atomic E-state index is 12.3. The van der Waals surface area contributed by atoms with Gasteiger partial charge < -0.3 is 4.74 Å². The van der Waals surface area contributed by atoms with E-state index in [1.165, 1.54) is 7.11 Å². The minimum absolute atomic E-state index is 0.277. The molecule has 23 heavy (non-hydrogen) atoms. The smallest absolute Gasteiger partial charge is 0.261 e. The molecule has 0 atom stereocenters. The molecule has 1 heterocycles. The highest BCUT2D eigenvalue weighted by molar-refractivity contribution is 9.10. The number of methoxy groups -OCH3 is 1. The number of para-hydroxylation sites is 1. The number of nitrogens with one attached hydrogen (secondary N) is 1. The van der Waals surface area contributed by atoms with E-state index in [1.54, 1.807) is 18.2 Å². The fourth-order valence-electron chi connectivity index (χ4n) is 1.99. The highest BCUT2D eigenvalue weighted by atomic mass is 79.9. The van der Waals surface area contributed by atoms with Crippen molar-refractivity contribution in [1.29, 1.82) is 0 Å². The number of benzene rings is 2. The molecular weight excluding hydrogens is 378 g/mol. The number of rotatable bonds is 4. The van der Waals surface area contributed by atoms with E-state index in [9.17, 15) is 4.79 Å². The molecule has 0 radical (unpaired) electrons. The molecule has 1 N–H and O–H groups in total. The van der Waals surface area contributed by atoms with Crippen LogP contribution < -0.4 is 10.1 Å². The Bertz CT molecular complexity index is 833. The molecule has 0 fully saturated rings. The predicted octanol–water partition coefficient (Wildman–Crippen LogP) is 4.23. The Labute approximate surface area is 145 Å². The van der Waals surface area contributed by atoms with Gasteiger partial charge in [0, 0.05) is 21.6 Å². The number of anilines is 1. The van der Waals surface area contributed by atoms with Gasteiger partial charge in [0.25, 0.3) is 5.91 Å². The van der Waals surface area contributed by atoms with Gasteiger partial charge in [0.2, 0.25) is 5.13 Å². The zero-order valence-corrected chi connectivity index (χ0v) is 14.5. The highest BCUT2D eigenvalue weighted by Gasteiger charge is 2.14. The molecule has 3 rings (SSSR count). The minimum Gasteiger partial charge on any atom is -0.496 e. The molecular formula is C16H12BrN3O2S. The summed E-state index contributed by atoms with van der Waals surface area (Å²) in [5.74, 6) is 0.821. The fraction of sp³-hybridized carbons (Fsp3) is 0.0625. The Kier molecular flexibility index (Phi) is 4.68. The van der Waals surface area contributed by atoms with Crippen molar-refractivity contribution in [3.8, 4) is 17.1 Å². The normalized spacial score (nSPS) is 10.3. The zero-order chi connectivity index (χ0) is 16.2. The summed E-state index contributed by atoms with van der Waals surface area (Å²) in [4.78, 5) is 16.7. The van der Waals surface area contributed by atoms with Gasteiger partial charge in [-0.3, -0.25) is 10.1 Å². The summed E-state index contributed by atoms with van der Waals surface area (Å²) in [6.07, 6.45) is 0. The van der Waals surface area contributed by atoms with Crippen molar-refractivity contribution in [2.45, 2.75) is 0 Å². The van der Waals surface area contributed by atoms with Gasteiger partial charge in [0.1, 0.15) is 5.75 Å². The number of hydrogen-bond acceptors (Lipinski definition) is 5. The van der Waals surface area contributed by atoms with Gasteiger partial charge >= 0.3 is 0 Å². The van der Waals surface area contributed by atoms with Gasteiger partial charge in [-0.2, -0.15) is 9.36 Å². The van der Waals surface area contributed by atoms with Crippen molar-refractivity contribution in [1.82, 2.24) is 9.36 Å². The standard InChI is InChI=1S/C16H12BrN3O2S/c1-22-13-5-3-2-4-12(13)15(21)19-16-18-14(20-23-16)10-6-8-11(17)9-7-10/h2-9H,1H3,(H,18,19,20,21). The average molecular weight is 390 g/mol. The quantitative estimate of drug-likeness (QED) is 0.724. The lowest BCUT2D eigenvalue weighted by atomic mass is 10.2. The van der Waals surface area contributed by atoms with Gasteiger partial charge in [-0.05, 0) is 24.3 Å². The summed E-state index contributed by atoms with van der Waals surface area (Å²) in [7, 11) is 1.53. The van der Waals surface area contributed by atoms with Crippen molar-refractivity contribution >= 4 is 38.5 Å². The van der Waals surface area contributed by atoms with Crippen molar-refractivity contribution in [3.63, 3.8) is 0 Å². The van der Waals surface area contributed by atoms with Crippen LogP contribution in [0.2, 0.25) is 0 Å². The van der Waals surface area contributed by atoms with Gasteiger partial charge in [-0.1, -0.05) is 40.2 Å². The largest absolute Gasteiger partial charge is 0.496 e. The van der Waals surface area contributed by atoms with Crippen LogP contribution in [-0.4, -0.2) is 22.4 Å². The first kappa shape index (κ1) is 15.6. The van der Waals surface area contributed by atoms with E-state index in [-0.39, 0.29) is 5.91 Å². The number of ether oxygens (including phenoxy) is 1. The van der Waals surface area contributed by atoms with Gasteiger partial charge in [0.05, 0.1) is 12.7 Å². The molecule has 7 heteroatoms. The molecule has 0 spiro atoms. The number of amides is 1. The molecule has 1 aromatic heterocycles. The van der Waals surface area contributed by atoms with Crippen LogP contribution in [0.5, 0.6) is 5.75 Å². The van der Waals surface area contributed by atoms with Crippen LogP contribution in [0.1, 0.15) is 10.4 Å². The van der Waals surface area contributed by atoms with Crippen LogP contribution in [0.4, 0.5) is 5.13 Å². The maximum absolute atomic E-state index is 12.3. The molecule has 5 nitrogen and oxygen atoms in total. The summed E-state index contributed by atoms with van der Waals surface area (Å²) in [5, 5.41) is 3.19. The number of carbonyl (C=O) groups excluding carboxylic acids is 1. The molecule has 1 amide bonds. The SMILES string of the molecule is COc1ccccc1C(=O)Nc1nc(-c2ccc(Br)cc2)ns1. The van der Waals surface area contributed by atoms with Crippen molar-refractivity contribution in [2.75, 3.05) is 12.4 Å². The Morgan fingerprint density at radius 1 is 1.17 bits per heavy atom. The van der Waals surface area contributed by atoms with Crippen LogP contribution >= 0.6 is 27.5 Å². The minimum atomic E-state index is -0.277. The molecule has 0 unspecified atom stereocenters. The third-order valence-electron chi connectivity index (χ3n) is 3.10. The average Bonchev–Trinajstić information content (AvgIpc) is 3.04. The van der Waals surface area contributed by atoms with Crippen molar-refractivity contribution in [2.24, 2.45) is 0 Å². The number of hydrogen-bond donors (Lipinski definition) is 1. The first-order chi connectivity index (χ1) is 11.2. The topological polar surface area (TPSA) is 64.1 Å². The maximum Gasteiger partial charge on any atom is 0.261 e. The van der Waals surface area contributed by atoms with E-state index in [1.807, 2.05) is 30.3 Å². The molecule has 0 saturated carbocycles. The van der Waals surface area contributed by atoms with Crippen LogP contribution in [0, 0.1) is 0 Å². The lowest BCUT2D eigenvalue weighted by Crippen LogP contribution is -2.12. The number of halogens is 1. The van der Waals surface area contributed by atoms with Crippen LogP contribution in [0.25, 0.3) is 11.4 Å². The van der Waals surface area contributed by atoms with Gasteiger partial charge in [-0.25, -0.2) is 0 Å². The van der Waals surface area contributed by atoms with Gasteiger partial charge in [0.15, 0.2) is 5.82 Å². The zero-order valence-electron chi connectivity index (χ0n) is 12.1. The van der Waals surface area contributed by atoms with E-state index in [2.05, 4.69) is 30.6 Å². The number of nitrogens with zero attached hydrogens (tertiary/aromatic N) is 2. The molecule has 2 aromatic carbocycles. The third-order valence-corrected chi connectivity index (χ3v) is 4.26. The molecule has 0 aliphatic carbocycles. The Balaban J connectivity index is 1.79. The summed E-state index contributed by atoms with van der Waals surface area (Å²) < 4.78 is 10.5. The molecule has 0 bridgehead atoms. The summed E-state index contributed by atoms with van der Waals surface area (Å²) in [5.41, 5.74) is 1.35. The van der Waals surface area contributed by atoms with Crippen LogP contribution in [-0.2, 0) is 0 Å². The van der Waals surface area contributed by atoms with E-state index in [0.717, 1.165) is 21.6 Å². The monoisotopic (exact) mass is 389 g/mol. The van der Waals surface area contributed by atoms with Crippen molar-refractivity contribution in [3.05, 3.63) is 58.6 Å². The Hall–Kier alpha value is -2.25. The van der Waals surface area contributed by atoms with Crippen LogP contribution in [0.15, 0.2) is 53.0 Å². The number of aromatic nitrogens is 2. The van der Waals surface area contributed by atoms with E-state index in [0.29, 0.717) is 22.3 Å². The molecule has 0 aliphatic heterocycles. The van der Waals surface area contributed by atoms with Gasteiger partial charge in [-0.15, -0.1) is 0 Å². The lowest BCUT2D eigenvalue weighted by Gasteiger charge is -2.06. The first-order valence-electron chi connectivity index (χ1n) is 6.71. The first-order valence-corrected chi connectivity index (χ1v) is 8.28. The molecule has 3 aromatic rings. The fourth-order valence-corrected chi connectivity index (χ4v) is 2.84. The lowest BCUT2D eigenvalue weighted by molar-refractivity contribution is 0.102. The Morgan fingerprint density at radius 3 is 2.65 bits per heavy atom. The molecule has 0 aliphatic rings. The second-order valence-electron chi connectivity index (χ2n) is 4.58. The predicted molar refractivity (Wildman–Crippen MR) is 94.0 cm³/mol. The van der Waals surface area contributed by atoms with E-state index >= 15 is 0 Å². The number of carbonyl (C=O) groups is 1. The van der Waals surface area contributed by atoms with E-state index in [4.69, 9.17) is 4.74 Å². The second-order valence-corrected chi connectivity index (χ2v) is 6.25. The summed E-state index contributed by atoms with van der Waals surface area (Å²) in [6, 6.07) is 14.7. The molecule has 116 valence electrons. The third kappa shape index (κ3) is 3.57. The Morgan fingerprint density at radius 2 is 1.91 bits per heavy atom. The summed E-state index contributed by atoms with van der Waals surface area (Å²) >= 11 is 4.53. The molecule has 0 saturated heterocycles. The van der Waals surface area contributed by atoms with Crippen molar-refractivity contribution < 1.29 is 9.53 Å².